The monoisotopic (exact) mass is 319 g/mol. The van der Waals surface area contributed by atoms with Crippen molar-refractivity contribution in [3.05, 3.63) is 35.9 Å². The maximum absolute atomic E-state index is 12.0. The molecular formula is C14H16F3NO4. The molecule has 0 aromatic heterocycles. The summed E-state index contributed by atoms with van der Waals surface area (Å²) in [7, 11) is 0. The molecule has 22 heavy (non-hydrogen) atoms. The largest absolute Gasteiger partial charge is 0.480 e. The van der Waals surface area contributed by atoms with Crippen LogP contribution in [0.3, 0.4) is 0 Å². The Labute approximate surface area is 125 Å². The smallest absolute Gasteiger partial charge is 0.408 e. The average molecular weight is 319 g/mol. The molecular weight excluding hydrogens is 303 g/mol. The highest BCUT2D eigenvalue weighted by Crippen LogP contribution is 2.22. The predicted molar refractivity (Wildman–Crippen MR) is 71.1 cm³/mol. The van der Waals surface area contributed by atoms with E-state index in [1.54, 1.807) is 30.3 Å². The number of halogens is 3. The Morgan fingerprint density at radius 1 is 1.23 bits per heavy atom. The molecule has 0 fully saturated rings. The number of amides is 1. The first-order chi connectivity index (χ1) is 10.3. The van der Waals surface area contributed by atoms with Crippen molar-refractivity contribution in [2.24, 2.45) is 0 Å². The summed E-state index contributed by atoms with van der Waals surface area (Å²) in [4.78, 5) is 22.4. The molecule has 8 heteroatoms. The number of carboxylic acid groups (broad SMARTS) is 1. The minimum Gasteiger partial charge on any atom is -0.480 e. The molecule has 0 aliphatic carbocycles. The van der Waals surface area contributed by atoms with Crippen LogP contribution in [0, 0.1) is 0 Å². The standard InChI is InChI=1S/C14H16F3NO4/c15-14(16,17)8-4-7-11(12(19)20)18-13(21)22-9-10-5-2-1-3-6-10/h1-3,5-6,11H,4,7-9H2,(H,18,21)(H,19,20). The Morgan fingerprint density at radius 2 is 1.86 bits per heavy atom. The van der Waals surface area contributed by atoms with Crippen molar-refractivity contribution in [1.82, 2.24) is 5.32 Å². The number of rotatable bonds is 7. The molecule has 0 saturated carbocycles. The van der Waals surface area contributed by atoms with Gasteiger partial charge in [-0.15, -0.1) is 0 Å². The number of nitrogens with one attached hydrogen (secondary N) is 1. The molecule has 0 radical (unpaired) electrons. The third kappa shape index (κ3) is 7.51. The van der Waals surface area contributed by atoms with E-state index in [4.69, 9.17) is 9.84 Å². The summed E-state index contributed by atoms with van der Waals surface area (Å²) in [6.45, 7) is -0.0540. The van der Waals surface area contributed by atoms with Gasteiger partial charge in [0.25, 0.3) is 0 Å². The van der Waals surface area contributed by atoms with Gasteiger partial charge in [0.05, 0.1) is 0 Å². The number of alkyl carbamates (subject to hydrolysis) is 1. The molecule has 1 aromatic carbocycles. The van der Waals surface area contributed by atoms with Gasteiger partial charge in [0.2, 0.25) is 0 Å². The molecule has 1 rings (SSSR count). The van der Waals surface area contributed by atoms with Crippen LogP contribution in [-0.4, -0.2) is 29.4 Å². The number of carbonyl (C=O) groups is 2. The third-order valence-electron chi connectivity index (χ3n) is 2.76. The van der Waals surface area contributed by atoms with Crippen molar-refractivity contribution < 1.29 is 32.6 Å². The van der Waals surface area contributed by atoms with Crippen molar-refractivity contribution in [2.45, 2.75) is 38.1 Å². The van der Waals surface area contributed by atoms with E-state index in [2.05, 4.69) is 0 Å². The molecule has 122 valence electrons. The normalized spacial score (nSPS) is 12.5. The van der Waals surface area contributed by atoms with Gasteiger partial charge in [-0.2, -0.15) is 13.2 Å². The second kappa shape index (κ2) is 8.26. The Morgan fingerprint density at radius 3 is 2.41 bits per heavy atom. The molecule has 0 bridgehead atoms. The van der Waals surface area contributed by atoms with Crippen LogP contribution in [0.1, 0.15) is 24.8 Å². The summed E-state index contributed by atoms with van der Waals surface area (Å²) in [6, 6.07) is 7.29. The molecule has 5 nitrogen and oxygen atoms in total. The van der Waals surface area contributed by atoms with E-state index < -0.39 is 30.7 Å². The summed E-state index contributed by atoms with van der Waals surface area (Å²) in [6.07, 6.45) is -7.15. The molecule has 1 unspecified atom stereocenters. The van der Waals surface area contributed by atoms with Crippen LogP contribution in [-0.2, 0) is 16.1 Å². The Balaban J connectivity index is 2.39. The van der Waals surface area contributed by atoms with Crippen LogP contribution < -0.4 is 5.32 Å². The van der Waals surface area contributed by atoms with Crippen molar-refractivity contribution in [3.8, 4) is 0 Å². The molecule has 0 aliphatic heterocycles. The average Bonchev–Trinajstić information content (AvgIpc) is 2.43. The summed E-state index contributed by atoms with van der Waals surface area (Å²) >= 11 is 0. The molecule has 0 spiro atoms. The second-order valence-electron chi connectivity index (χ2n) is 4.60. The van der Waals surface area contributed by atoms with E-state index in [0.717, 1.165) is 0 Å². The quantitative estimate of drug-likeness (QED) is 0.810. The Hall–Kier alpha value is -2.25. The summed E-state index contributed by atoms with van der Waals surface area (Å²) < 4.78 is 40.9. The van der Waals surface area contributed by atoms with Gasteiger partial charge in [-0.25, -0.2) is 9.59 Å². The number of hydrogen-bond acceptors (Lipinski definition) is 3. The minimum atomic E-state index is -4.35. The number of aliphatic carboxylic acids is 1. The third-order valence-corrected chi connectivity index (χ3v) is 2.76. The fourth-order valence-electron chi connectivity index (χ4n) is 1.67. The molecule has 1 atom stereocenters. The first-order valence-corrected chi connectivity index (χ1v) is 6.54. The summed E-state index contributed by atoms with van der Waals surface area (Å²) in [5.74, 6) is -1.40. The van der Waals surface area contributed by atoms with Crippen LogP contribution in [0.4, 0.5) is 18.0 Å². The fourth-order valence-corrected chi connectivity index (χ4v) is 1.67. The highest BCUT2D eigenvalue weighted by Gasteiger charge is 2.28. The summed E-state index contributed by atoms with van der Waals surface area (Å²) in [5, 5.41) is 10.9. The van der Waals surface area contributed by atoms with E-state index in [9.17, 15) is 22.8 Å². The second-order valence-corrected chi connectivity index (χ2v) is 4.60. The zero-order valence-corrected chi connectivity index (χ0v) is 11.6. The number of hydrogen-bond donors (Lipinski definition) is 2. The van der Waals surface area contributed by atoms with E-state index in [-0.39, 0.29) is 19.4 Å². The van der Waals surface area contributed by atoms with Crippen LogP contribution in [0.5, 0.6) is 0 Å². The maximum Gasteiger partial charge on any atom is 0.408 e. The van der Waals surface area contributed by atoms with Crippen molar-refractivity contribution >= 4 is 12.1 Å². The molecule has 2 N–H and O–H groups in total. The van der Waals surface area contributed by atoms with Crippen LogP contribution >= 0.6 is 0 Å². The zero-order valence-electron chi connectivity index (χ0n) is 11.6. The topological polar surface area (TPSA) is 75.6 Å². The molecule has 1 aromatic rings. The predicted octanol–water partition coefficient (Wildman–Crippen LogP) is 3.10. The van der Waals surface area contributed by atoms with Crippen molar-refractivity contribution in [1.29, 1.82) is 0 Å². The van der Waals surface area contributed by atoms with E-state index in [1.807, 2.05) is 5.32 Å². The number of benzene rings is 1. The lowest BCUT2D eigenvalue weighted by Crippen LogP contribution is -2.41. The number of ether oxygens (including phenoxy) is 1. The Bertz CT molecular complexity index is 491. The molecule has 0 saturated heterocycles. The minimum absolute atomic E-state index is 0.0540. The first kappa shape index (κ1) is 17.8. The van der Waals surface area contributed by atoms with Gasteiger partial charge >= 0.3 is 18.2 Å². The van der Waals surface area contributed by atoms with Crippen molar-refractivity contribution in [2.75, 3.05) is 0 Å². The van der Waals surface area contributed by atoms with E-state index in [0.29, 0.717) is 5.56 Å². The first-order valence-electron chi connectivity index (χ1n) is 6.54. The lowest BCUT2D eigenvalue weighted by Gasteiger charge is -2.15. The lowest BCUT2D eigenvalue weighted by molar-refractivity contribution is -0.143. The maximum atomic E-state index is 12.0. The summed E-state index contributed by atoms with van der Waals surface area (Å²) in [5.41, 5.74) is 0.710. The number of alkyl halides is 3. The molecule has 0 aliphatic rings. The van der Waals surface area contributed by atoms with Gasteiger partial charge in [0.15, 0.2) is 0 Å². The Kier molecular flexibility index (Phi) is 6.68. The van der Waals surface area contributed by atoms with Crippen LogP contribution in [0.25, 0.3) is 0 Å². The van der Waals surface area contributed by atoms with Gasteiger partial charge in [0.1, 0.15) is 12.6 Å². The van der Waals surface area contributed by atoms with Gasteiger partial charge < -0.3 is 15.2 Å². The van der Waals surface area contributed by atoms with Gasteiger partial charge in [0, 0.05) is 6.42 Å². The molecule has 1 amide bonds. The van der Waals surface area contributed by atoms with Crippen LogP contribution in [0.15, 0.2) is 30.3 Å². The van der Waals surface area contributed by atoms with Gasteiger partial charge in [-0.05, 0) is 18.4 Å². The highest BCUT2D eigenvalue weighted by atomic mass is 19.4. The molecule has 0 heterocycles. The van der Waals surface area contributed by atoms with Crippen LogP contribution in [0.2, 0.25) is 0 Å². The highest BCUT2D eigenvalue weighted by molar-refractivity contribution is 5.79. The van der Waals surface area contributed by atoms with E-state index in [1.165, 1.54) is 0 Å². The zero-order chi connectivity index (χ0) is 16.6. The van der Waals surface area contributed by atoms with E-state index >= 15 is 0 Å². The lowest BCUT2D eigenvalue weighted by atomic mass is 10.1. The van der Waals surface area contributed by atoms with Crippen molar-refractivity contribution in [3.63, 3.8) is 0 Å². The fraction of sp³-hybridized carbons (Fsp3) is 0.429. The van der Waals surface area contributed by atoms with Gasteiger partial charge in [-0.1, -0.05) is 30.3 Å². The number of carboxylic acids is 1. The SMILES string of the molecule is O=C(NC(CCCC(F)(F)F)C(=O)O)OCc1ccccc1. The van der Waals surface area contributed by atoms with Gasteiger partial charge in [-0.3, -0.25) is 0 Å². The number of carbonyl (C=O) groups excluding carboxylic acids is 1.